The van der Waals surface area contributed by atoms with E-state index in [1.165, 1.54) is 42.5 Å². The second-order valence-electron chi connectivity index (χ2n) is 7.55. The summed E-state index contributed by atoms with van der Waals surface area (Å²) >= 11 is 0. The molecule has 1 heterocycles. The van der Waals surface area contributed by atoms with E-state index in [2.05, 4.69) is 15.0 Å². The lowest BCUT2D eigenvalue weighted by molar-refractivity contribution is -0.303. The Kier molecular flexibility index (Phi) is 14.3. The van der Waals surface area contributed by atoms with E-state index < -0.39 is 18.0 Å². The van der Waals surface area contributed by atoms with Crippen LogP contribution in [0.5, 0.6) is 0 Å². The van der Waals surface area contributed by atoms with Crippen LogP contribution in [0.25, 0.3) is 6.08 Å². The molecule has 4 nitrogen and oxygen atoms in total. The topological polar surface area (TPSA) is 50.7 Å². The summed E-state index contributed by atoms with van der Waals surface area (Å²) in [4.78, 5) is 13.8. The zero-order valence-corrected chi connectivity index (χ0v) is 21.9. The summed E-state index contributed by atoms with van der Waals surface area (Å²) in [6.07, 6.45) is 4.03. The molecule has 1 aliphatic heterocycles. The Bertz CT molecular complexity index is 1100. The fraction of sp³-hybridized carbons (Fsp3) is 0.310. The van der Waals surface area contributed by atoms with Crippen molar-refractivity contribution in [2.75, 3.05) is 6.54 Å². The highest BCUT2D eigenvalue weighted by Gasteiger charge is 2.31. The van der Waals surface area contributed by atoms with Gasteiger partial charge < -0.3 is 10.1 Å². The van der Waals surface area contributed by atoms with Crippen molar-refractivity contribution in [3.8, 4) is 0 Å². The molecule has 1 amide bonds. The Hall–Kier alpha value is -3.75. The number of aliphatic imine (C=N–C) groups is 1. The molecule has 0 fully saturated rings. The number of halogens is 5. The number of carbonyl (C=O) groups excluding carboxylic acids is 1. The quantitative estimate of drug-likeness (QED) is 0.161. The summed E-state index contributed by atoms with van der Waals surface area (Å²) in [6, 6.07) is 10.8. The van der Waals surface area contributed by atoms with Gasteiger partial charge in [-0.2, -0.15) is 0 Å². The van der Waals surface area contributed by atoms with Gasteiger partial charge >= 0.3 is 6.36 Å². The first-order valence-electron chi connectivity index (χ1n) is 12.2. The molecule has 206 valence electrons. The Morgan fingerprint density at radius 1 is 1.11 bits per heavy atom. The number of nitrogens with one attached hydrogen (secondary N) is 1. The van der Waals surface area contributed by atoms with Gasteiger partial charge in [0, 0.05) is 12.3 Å². The number of allylic oxidation sites excluding steroid dienone is 4. The fourth-order valence-corrected chi connectivity index (χ4v) is 3.38. The van der Waals surface area contributed by atoms with E-state index in [9.17, 15) is 26.7 Å². The van der Waals surface area contributed by atoms with Crippen LogP contribution in [0.15, 0.2) is 77.5 Å². The van der Waals surface area contributed by atoms with E-state index in [0.717, 1.165) is 17.7 Å². The molecule has 0 saturated carbocycles. The summed E-state index contributed by atoms with van der Waals surface area (Å²) in [5.41, 5.74) is 2.01. The van der Waals surface area contributed by atoms with E-state index in [1.807, 2.05) is 32.9 Å². The molecule has 1 atom stereocenters. The van der Waals surface area contributed by atoms with Crippen LogP contribution in [0.3, 0.4) is 0 Å². The van der Waals surface area contributed by atoms with Crippen LogP contribution in [0, 0.1) is 11.6 Å². The van der Waals surface area contributed by atoms with Gasteiger partial charge in [0.1, 0.15) is 17.4 Å². The average Bonchev–Trinajstić information content (AvgIpc) is 3.35. The van der Waals surface area contributed by atoms with Gasteiger partial charge in [0.05, 0.1) is 11.6 Å². The molecule has 0 saturated heterocycles. The molecule has 1 aliphatic rings. The number of rotatable bonds is 8. The van der Waals surface area contributed by atoms with Crippen LogP contribution in [0.2, 0.25) is 0 Å². The number of ether oxygens (including phenoxy) is 1. The van der Waals surface area contributed by atoms with Crippen molar-refractivity contribution in [3.05, 3.63) is 101 Å². The van der Waals surface area contributed by atoms with E-state index in [1.54, 1.807) is 25.1 Å². The van der Waals surface area contributed by atoms with Crippen LogP contribution in [0.1, 0.15) is 63.3 Å². The molecule has 0 unspecified atom stereocenters. The normalized spacial score (nSPS) is 15.3. The van der Waals surface area contributed by atoms with E-state index >= 15 is 0 Å². The second kappa shape index (κ2) is 16.9. The second-order valence-corrected chi connectivity index (χ2v) is 7.55. The molecule has 0 aromatic heterocycles. The number of carbonyl (C=O) groups is 1. The van der Waals surface area contributed by atoms with Gasteiger partial charge in [-0.05, 0) is 62.1 Å². The minimum absolute atomic E-state index is 0.0747. The van der Waals surface area contributed by atoms with Gasteiger partial charge in [-0.1, -0.05) is 62.4 Å². The predicted molar refractivity (Wildman–Crippen MR) is 141 cm³/mol. The molecule has 2 aromatic carbocycles. The fourth-order valence-electron chi connectivity index (χ4n) is 3.38. The summed E-state index contributed by atoms with van der Waals surface area (Å²) in [5.74, 6) is -1.57. The smallest absolute Gasteiger partial charge is 0.406 e. The molecular formula is C29H33F5N2O2. The van der Waals surface area contributed by atoms with Crippen LogP contribution in [-0.2, 0) is 9.53 Å². The Labute approximate surface area is 220 Å². The maximum atomic E-state index is 14.0. The SMILES string of the molecule is CC.CCNC=O.C\C=C/C(=C\C=C\c1ccc([C@H]2CCC(c3c(F)cccc3F)=N2)cc1)OC(F)(F)F. The zero-order chi connectivity index (χ0) is 28.6. The third-order valence-electron chi connectivity index (χ3n) is 4.94. The van der Waals surface area contributed by atoms with Gasteiger partial charge in [0.15, 0.2) is 0 Å². The van der Waals surface area contributed by atoms with Gasteiger partial charge in [-0.3, -0.25) is 9.79 Å². The van der Waals surface area contributed by atoms with Crippen molar-refractivity contribution in [2.45, 2.75) is 52.9 Å². The number of benzene rings is 2. The minimum Gasteiger partial charge on any atom is -0.406 e. The van der Waals surface area contributed by atoms with Crippen molar-refractivity contribution in [1.29, 1.82) is 0 Å². The molecule has 38 heavy (non-hydrogen) atoms. The third kappa shape index (κ3) is 11.1. The molecule has 1 N–H and O–H groups in total. The number of alkyl halides is 3. The third-order valence-corrected chi connectivity index (χ3v) is 4.94. The highest BCUT2D eigenvalue weighted by atomic mass is 19.4. The maximum absolute atomic E-state index is 14.0. The van der Waals surface area contributed by atoms with Crippen molar-refractivity contribution < 1.29 is 31.5 Å². The van der Waals surface area contributed by atoms with E-state index in [4.69, 9.17) is 0 Å². The minimum atomic E-state index is -4.76. The molecular weight excluding hydrogens is 503 g/mol. The van der Waals surface area contributed by atoms with E-state index in [-0.39, 0.29) is 17.4 Å². The number of amides is 1. The van der Waals surface area contributed by atoms with Crippen LogP contribution < -0.4 is 5.32 Å². The Balaban J connectivity index is 0.000000924. The molecule has 0 radical (unpaired) electrons. The highest BCUT2D eigenvalue weighted by molar-refractivity contribution is 6.02. The molecule has 0 spiro atoms. The van der Waals surface area contributed by atoms with Gasteiger partial charge in [-0.15, -0.1) is 13.2 Å². The van der Waals surface area contributed by atoms with Gasteiger partial charge in [0.25, 0.3) is 0 Å². The van der Waals surface area contributed by atoms with Crippen LogP contribution in [-0.4, -0.2) is 25.0 Å². The molecule has 3 rings (SSSR count). The first-order chi connectivity index (χ1) is 18.2. The van der Waals surface area contributed by atoms with Crippen molar-refractivity contribution in [1.82, 2.24) is 5.32 Å². The van der Waals surface area contributed by atoms with Crippen molar-refractivity contribution >= 4 is 18.2 Å². The van der Waals surface area contributed by atoms with Crippen LogP contribution in [0.4, 0.5) is 22.0 Å². The number of hydrogen-bond donors (Lipinski definition) is 1. The predicted octanol–water partition coefficient (Wildman–Crippen LogP) is 8.08. The average molecular weight is 537 g/mol. The molecule has 9 heteroatoms. The lowest BCUT2D eigenvalue weighted by Gasteiger charge is -2.08. The zero-order valence-electron chi connectivity index (χ0n) is 21.9. The van der Waals surface area contributed by atoms with E-state index in [0.29, 0.717) is 25.0 Å². The van der Waals surface area contributed by atoms with Crippen molar-refractivity contribution in [2.24, 2.45) is 4.99 Å². The molecule has 0 aliphatic carbocycles. The Morgan fingerprint density at radius 3 is 2.24 bits per heavy atom. The molecule has 2 aromatic rings. The standard InChI is InChI=1S/C24H20F5NO.C3H7NO.C2H6/c1-2-5-18(31-24(27,28)29)7-3-6-16-10-12-17(13-11-16)21-14-15-22(30-21)23-19(25)8-4-9-20(23)26;1-2-4-3-5;1-2/h2-13,21H,14-15H2,1H3;3H,2H2,1H3,(H,4,5);1-2H3/b5-2-,6-3+,18-7+;;/t21-;;/m1../s1. The largest absolute Gasteiger partial charge is 0.573 e. The lowest BCUT2D eigenvalue weighted by Crippen LogP contribution is -2.11. The van der Waals surface area contributed by atoms with Gasteiger partial charge in [0.2, 0.25) is 6.41 Å². The Morgan fingerprint density at radius 2 is 1.74 bits per heavy atom. The highest BCUT2D eigenvalue weighted by Crippen LogP contribution is 2.32. The lowest BCUT2D eigenvalue weighted by atomic mass is 10.0. The summed E-state index contributed by atoms with van der Waals surface area (Å²) in [6.45, 7) is 8.19. The maximum Gasteiger partial charge on any atom is 0.573 e. The van der Waals surface area contributed by atoms with Gasteiger partial charge in [-0.25, -0.2) is 8.78 Å². The first-order valence-corrected chi connectivity index (χ1v) is 12.2. The first kappa shape index (κ1) is 32.3. The van der Waals surface area contributed by atoms with Crippen LogP contribution >= 0.6 is 0 Å². The summed E-state index contributed by atoms with van der Waals surface area (Å²) < 4.78 is 69.0. The number of nitrogens with zero attached hydrogens (tertiary/aromatic N) is 1. The summed E-state index contributed by atoms with van der Waals surface area (Å²) in [7, 11) is 0. The summed E-state index contributed by atoms with van der Waals surface area (Å²) in [5, 5.41) is 2.43. The van der Waals surface area contributed by atoms with Crippen molar-refractivity contribution in [3.63, 3.8) is 0 Å². The number of hydrogen-bond acceptors (Lipinski definition) is 3. The molecule has 0 bridgehead atoms. The monoisotopic (exact) mass is 536 g/mol.